The van der Waals surface area contributed by atoms with Gasteiger partial charge in [-0.05, 0) is 352 Å². The molecule has 0 amide bonds. The van der Waals surface area contributed by atoms with Crippen molar-refractivity contribution < 1.29 is 9.53 Å². The molecule has 0 N–H and O–H groups in total. The molecule has 0 radical (unpaired) electrons. The van der Waals surface area contributed by atoms with E-state index in [4.69, 9.17) is 4.74 Å². The molecular formula is C76H23NO2. The number of carbonyl (C=O) groups excluding carboxylic acids is 1. The summed E-state index contributed by atoms with van der Waals surface area (Å²) < 4.78 is 6.18. The Balaban J connectivity index is 0.982. The number of nitrogens with zero attached hydrogens (tertiary/aromatic N) is 1. The molecule has 5 aliphatic rings. The van der Waals surface area contributed by atoms with Crippen molar-refractivity contribution >= 4 is 297 Å². The van der Waals surface area contributed by atoms with Gasteiger partial charge >= 0.3 is 5.97 Å². The molecule has 0 bridgehead atoms. The van der Waals surface area contributed by atoms with Gasteiger partial charge < -0.3 is 9.64 Å². The third-order valence-electron chi connectivity index (χ3n) is 27.7. The van der Waals surface area contributed by atoms with E-state index in [0.717, 1.165) is 25.8 Å². The predicted molar refractivity (Wildman–Crippen MR) is 330 cm³/mol. The van der Waals surface area contributed by atoms with Crippen LogP contribution in [0.15, 0.2) is 30.3 Å². The summed E-state index contributed by atoms with van der Waals surface area (Å²) in [5.74, 6) is -0.0300. The number of carbonyl (C=O) groups is 1. The minimum absolute atomic E-state index is 0.0300. The summed E-state index contributed by atoms with van der Waals surface area (Å²) in [4.78, 5) is 16.5. The highest BCUT2D eigenvalue weighted by Gasteiger charge is 2.94. The first kappa shape index (κ1) is 32.1. The molecule has 0 saturated heterocycles. The van der Waals surface area contributed by atoms with E-state index in [1.54, 1.807) is 313 Å². The van der Waals surface area contributed by atoms with Crippen LogP contribution in [0.1, 0.15) is 53.5 Å². The van der Waals surface area contributed by atoms with Crippen LogP contribution in [-0.2, 0) is 25.8 Å². The Hall–Kier alpha value is -8.89. The first-order valence-corrected chi connectivity index (χ1v) is 29.8. The topological polar surface area (TPSA) is 29.5 Å². The maximum atomic E-state index is 14.3. The van der Waals surface area contributed by atoms with Gasteiger partial charge in [-0.15, -0.1) is 0 Å². The first-order chi connectivity index (χ1) is 39.2. The van der Waals surface area contributed by atoms with Crippen molar-refractivity contribution in [3.8, 4) is 0 Å². The molecule has 344 valence electrons. The minimum atomic E-state index is -0.359. The SMILES string of the molecule is CN(C)CCCOC(=O)CCCC1(c2ccccc2)C23c4c5c6c7c8c9c(c%10c%11c2c2c4c4c%12c5c5c6c6c8c8c%13c9c9c%10c%10c%11c%11c2c2c4c4c%12c%12c5c5c6c8c6c8c%13c9c9c%10c%10c%11c2c2c4c4c%12c5c6c5c8c9c%10c2c45)C713. The number of hydrogen-bond acceptors (Lipinski definition) is 3. The molecule has 3 heteroatoms. The molecule has 5 aliphatic carbocycles. The second kappa shape index (κ2) is 7.70. The van der Waals surface area contributed by atoms with E-state index in [2.05, 4.69) is 49.3 Å². The van der Waals surface area contributed by atoms with Crippen LogP contribution in [0.5, 0.6) is 0 Å². The molecule has 1 fully saturated rings. The Bertz CT molecular complexity index is 7090. The molecule has 3 nitrogen and oxygen atoms in total. The van der Waals surface area contributed by atoms with E-state index < -0.39 is 0 Å². The molecule has 0 heterocycles. The molecule has 1 saturated carbocycles. The molecular weight excluding hydrogens is 959 g/mol. The van der Waals surface area contributed by atoms with Crippen LogP contribution in [0.2, 0.25) is 0 Å². The van der Waals surface area contributed by atoms with Crippen LogP contribution in [0, 0.1) is 0 Å². The van der Waals surface area contributed by atoms with Gasteiger partial charge in [0.15, 0.2) is 0 Å². The monoisotopic (exact) mass is 981 g/mol. The Morgan fingerprint density at radius 3 is 0.785 bits per heavy atom. The largest absolute Gasteiger partial charge is 0.466 e. The van der Waals surface area contributed by atoms with Crippen LogP contribution >= 0.6 is 0 Å². The summed E-state index contributed by atoms with van der Waals surface area (Å²) in [6.07, 6.45) is 3.03. The zero-order valence-corrected chi connectivity index (χ0v) is 41.9. The summed E-state index contributed by atoms with van der Waals surface area (Å²) in [5, 5.41) is 88.5. The third kappa shape index (κ3) is 1.87. The maximum absolute atomic E-state index is 14.3. The van der Waals surface area contributed by atoms with Crippen LogP contribution < -0.4 is 0 Å². The van der Waals surface area contributed by atoms with Gasteiger partial charge in [0.1, 0.15) is 0 Å². The van der Waals surface area contributed by atoms with Crippen LogP contribution in [0.4, 0.5) is 0 Å². The molecule has 79 heavy (non-hydrogen) atoms. The van der Waals surface area contributed by atoms with Crippen molar-refractivity contribution in [3.63, 3.8) is 0 Å². The highest BCUT2D eigenvalue weighted by Crippen LogP contribution is 2.97. The number of benzene rings is 19. The summed E-state index contributed by atoms with van der Waals surface area (Å²) in [7, 11) is 4.21. The lowest BCUT2D eigenvalue weighted by Gasteiger charge is -2.32. The summed E-state index contributed by atoms with van der Waals surface area (Å²) in [5.41, 5.74) is 7.30. The van der Waals surface area contributed by atoms with Gasteiger partial charge in [-0.2, -0.15) is 0 Å². The van der Waals surface area contributed by atoms with Crippen molar-refractivity contribution in [1.82, 2.24) is 4.90 Å². The smallest absolute Gasteiger partial charge is 0.305 e. The van der Waals surface area contributed by atoms with Gasteiger partial charge in [-0.25, -0.2) is 0 Å². The van der Waals surface area contributed by atoms with Gasteiger partial charge in [-0.1, -0.05) is 30.3 Å². The number of hydrogen-bond donors (Lipinski definition) is 0. The quantitative estimate of drug-likeness (QED) is 0.0820. The van der Waals surface area contributed by atoms with Crippen LogP contribution in [0.25, 0.3) is 291 Å². The standard InChI is InChI=1S/C76H23NO2/c1-77(2)12-7-13-79-15(78)10-6-11-74(14-8-4-3-5-9-14)75-70-62-54-44-34-26-18-16-17-20-24-22(18)30-38-32(24)42-36-28(20)29-21(17)25-23-19(16)27(26)35-41-31(23)39-33(25)43-37(29)47-46(36)56-50(42)60-52(38)58(48(54)40(30)34)66(70)68(60)72-64(56)65-57(47)51(43)61-53(39)59-49(41)55(45(35)44)63(62)71(75)67(59)69(61)73(65)76(72,74)75/h3-5,8-9H,6-7,10-13H2,1-2H3. The van der Waals surface area contributed by atoms with E-state index in [9.17, 15) is 4.79 Å². The van der Waals surface area contributed by atoms with Crippen LogP contribution in [-0.4, -0.2) is 38.1 Å². The average Bonchev–Trinajstić information content (AvgIpc) is 1.37. The van der Waals surface area contributed by atoms with Crippen molar-refractivity contribution in [2.75, 3.05) is 27.2 Å². The Morgan fingerprint density at radius 2 is 0.557 bits per heavy atom. The van der Waals surface area contributed by atoms with Gasteiger partial charge in [-0.3, -0.25) is 4.79 Å². The minimum Gasteiger partial charge on any atom is -0.466 e. The Kier molecular flexibility index (Phi) is 3.13. The molecule has 0 aliphatic heterocycles. The number of esters is 1. The lowest BCUT2D eigenvalue weighted by molar-refractivity contribution is -0.144. The summed E-state index contributed by atoms with van der Waals surface area (Å²) in [6, 6.07) is 12.2. The van der Waals surface area contributed by atoms with E-state index in [0.29, 0.717) is 13.0 Å². The van der Waals surface area contributed by atoms with Gasteiger partial charge in [0, 0.05) is 29.2 Å². The lowest BCUT2D eigenvalue weighted by Crippen LogP contribution is -2.27. The Morgan fingerprint density at radius 1 is 0.329 bits per heavy atom. The van der Waals surface area contributed by atoms with E-state index in [-0.39, 0.29) is 22.2 Å². The van der Waals surface area contributed by atoms with Crippen molar-refractivity contribution in [2.45, 2.75) is 41.9 Å². The highest BCUT2D eigenvalue weighted by molar-refractivity contribution is 6.82. The fourth-order valence-corrected chi connectivity index (χ4v) is 27.5. The van der Waals surface area contributed by atoms with Gasteiger partial charge in [0.25, 0.3) is 0 Å². The molecule has 0 atom stereocenters. The molecule has 29 aromatic rings. The highest BCUT2D eigenvalue weighted by atomic mass is 16.5. The zero-order valence-electron chi connectivity index (χ0n) is 41.9. The second-order valence-corrected chi connectivity index (χ2v) is 28.8. The van der Waals surface area contributed by atoms with Gasteiger partial charge in [0.05, 0.1) is 6.61 Å². The molecule has 34 rings (SSSR count). The summed E-state index contributed by atoms with van der Waals surface area (Å²) >= 11 is 0. The van der Waals surface area contributed by atoms with E-state index in [1.165, 1.54) is 5.56 Å². The fourth-order valence-electron chi connectivity index (χ4n) is 27.5. The van der Waals surface area contributed by atoms with Crippen molar-refractivity contribution in [1.29, 1.82) is 0 Å². The fraction of sp³-hybridized carbons (Fsp3) is 0.145. The van der Waals surface area contributed by atoms with Crippen LogP contribution in [0.3, 0.4) is 0 Å². The van der Waals surface area contributed by atoms with E-state index >= 15 is 0 Å². The number of rotatable bonds is 9. The molecule has 0 unspecified atom stereocenters. The predicted octanol–water partition coefficient (Wildman–Crippen LogP) is 18.9. The normalized spacial score (nSPS) is 22.9. The first-order valence-electron chi connectivity index (χ1n) is 29.8. The average molecular weight is 982 g/mol. The third-order valence-corrected chi connectivity index (χ3v) is 27.7. The van der Waals surface area contributed by atoms with E-state index in [1.807, 2.05) is 0 Å². The maximum Gasteiger partial charge on any atom is 0.305 e. The van der Waals surface area contributed by atoms with Crippen molar-refractivity contribution in [2.24, 2.45) is 0 Å². The lowest BCUT2D eigenvalue weighted by atomic mass is 9.68. The number of ether oxygens (including phenoxy) is 1. The molecule has 29 aromatic carbocycles. The zero-order chi connectivity index (χ0) is 48.2. The molecule has 2 spiro atoms. The Labute approximate surface area is 436 Å². The summed E-state index contributed by atoms with van der Waals surface area (Å²) in [6.45, 7) is 1.40. The van der Waals surface area contributed by atoms with Crippen molar-refractivity contribution in [3.05, 3.63) is 58.1 Å². The van der Waals surface area contributed by atoms with Gasteiger partial charge in [0.2, 0.25) is 0 Å². The second-order valence-electron chi connectivity index (χ2n) is 28.8. The molecule has 0 aromatic heterocycles.